The molecule has 2 aliphatic rings. The summed E-state index contributed by atoms with van der Waals surface area (Å²) in [7, 11) is 0. The average molecular weight is 137 g/mol. The average Bonchev–Trinajstić information content (AvgIpc) is 2.27. The van der Waals surface area contributed by atoms with Crippen LogP contribution in [0.5, 0.6) is 0 Å². The van der Waals surface area contributed by atoms with E-state index in [9.17, 15) is 4.79 Å². The molecule has 10 heavy (non-hydrogen) atoms. The summed E-state index contributed by atoms with van der Waals surface area (Å²) in [5.41, 5.74) is 2.62. The van der Waals surface area contributed by atoms with Gasteiger partial charge in [-0.25, -0.2) is 10.2 Å². The summed E-state index contributed by atoms with van der Waals surface area (Å²) in [5.74, 6) is 0.826. The van der Waals surface area contributed by atoms with Gasteiger partial charge in [-0.05, 0) is 6.08 Å². The Bertz CT molecular complexity index is 231. The van der Waals surface area contributed by atoms with Crippen LogP contribution < -0.4 is 10.7 Å². The Hall–Kier alpha value is -1.45. The number of carbonyl (C=O) groups excluding carboxylic acids is 1. The van der Waals surface area contributed by atoms with E-state index >= 15 is 0 Å². The van der Waals surface area contributed by atoms with Crippen molar-refractivity contribution < 1.29 is 4.79 Å². The van der Waals surface area contributed by atoms with Crippen LogP contribution in [0.3, 0.4) is 0 Å². The van der Waals surface area contributed by atoms with Gasteiger partial charge in [0.2, 0.25) is 0 Å². The van der Waals surface area contributed by atoms with Crippen molar-refractivity contribution in [3.05, 3.63) is 24.0 Å². The number of nitrogens with one attached hydrogen (secondary N) is 2. The van der Waals surface area contributed by atoms with Gasteiger partial charge in [-0.15, -0.1) is 0 Å². The molecule has 0 saturated carbocycles. The zero-order chi connectivity index (χ0) is 6.97. The fourth-order valence-electron chi connectivity index (χ4n) is 0.996. The number of carbonyl (C=O) groups is 1. The minimum absolute atomic E-state index is 0.157. The van der Waals surface area contributed by atoms with Crippen molar-refractivity contribution >= 4 is 6.03 Å². The minimum Gasteiger partial charge on any atom is -0.291 e. The summed E-state index contributed by atoms with van der Waals surface area (Å²) in [6, 6.07) is -0.157. The summed E-state index contributed by atoms with van der Waals surface area (Å²) >= 11 is 0. The number of hydrogen-bond donors (Lipinski definition) is 2. The summed E-state index contributed by atoms with van der Waals surface area (Å²) in [6.45, 7) is 0.741. The molecule has 0 bridgehead atoms. The van der Waals surface area contributed by atoms with Gasteiger partial charge in [0.1, 0.15) is 5.82 Å². The molecular weight excluding hydrogens is 130 g/mol. The molecule has 52 valence electrons. The number of allylic oxidation sites excluding steroid dienone is 2. The highest BCUT2D eigenvalue weighted by molar-refractivity contribution is 5.78. The second kappa shape index (κ2) is 1.76. The van der Waals surface area contributed by atoms with E-state index in [1.165, 1.54) is 0 Å². The molecule has 0 unspecified atom stereocenters. The Kier molecular flexibility index (Phi) is 0.943. The topological polar surface area (TPSA) is 44.4 Å². The van der Waals surface area contributed by atoms with Gasteiger partial charge in [-0.3, -0.25) is 10.3 Å². The quantitative estimate of drug-likeness (QED) is 0.490. The largest absolute Gasteiger partial charge is 0.339 e. The lowest BCUT2D eigenvalue weighted by Gasteiger charge is -2.16. The highest BCUT2D eigenvalue weighted by Crippen LogP contribution is 2.07. The molecule has 0 radical (unpaired) electrons. The smallest absolute Gasteiger partial charge is 0.291 e. The van der Waals surface area contributed by atoms with Gasteiger partial charge in [0, 0.05) is 0 Å². The Morgan fingerprint density at radius 3 is 3.30 bits per heavy atom. The predicted molar refractivity (Wildman–Crippen MR) is 35.6 cm³/mol. The molecule has 2 aliphatic heterocycles. The van der Waals surface area contributed by atoms with Gasteiger partial charge in [-0.2, -0.15) is 0 Å². The Morgan fingerprint density at radius 1 is 1.60 bits per heavy atom. The highest BCUT2D eigenvalue weighted by Gasteiger charge is 2.21. The number of rotatable bonds is 0. The van der Waals surface area contributed by atoms with Crippen LogP contribution in [-0.4, -0.2) is 17.6 Å². The Morgan fingerprint density at radius 2 is 2.50 bits per heavy atom. The molecule has 0 spiro atoms. The van der Waals surface area contributed by atoms with Gasteiger partial charge in [0.15, 0.2) is 0 Å². The molecular formula is C6H7N3O. The maximum atomic E-state index is 10.7. The fraction of sp³-hybridized carbons (Fsp3) is 0.167. The molecule has 0 aromatic heterocycles. The molecule has 2 amide bonds. The summed E-state index contributed by atoms with van der Waals surface area (Å²) in [4.78, 5) is 10.7. The third kappa shape index (κ3) is 0.655. The van der Waals surface area contributed by atoms with Crippen molar-refractivity contribution in [2.45, 2.75) is 0 Å². The first-order chi connectivity index (χ1) is 4.86. The van der Waals surface area contributed by atoms with E-state index in [2.05, 4.69) is 10.7 Å². The molecule has 1 saturated heterocycles. The van der Waals surface area contributed by atoms with Crippen LogP contribution in [0.1, 0.15) is 0 Å². The van der Waals surface area contributed by atoms with Crippen molar-refractivity contribution in [1.82, 2.24) is 15.8 Å². The number of hydrazine groups is 1. The molecule has 1 fully saturated rings. The molecule has 4 heteroatoms. The lowest BCUT2D eigenvalue weighted by Crippen LogP contribution is -2.32. The molecule has 2 rings (SSSR count). The standard InChI is InChI=1S/C6H7N3O/c10-6-7-5-3-1-2-4-9(5)8-6/h1-3H,4H2,(H2,7,8,10). The summed E-state index contributed by atoms with van der Waals surface area (Å²) in [6.07, 6.45) is 5.73. The van der Waals surface area contributed by atoms with Crippen LogP contribution in [0.25, 0.3) is 0 Å². The number of nitrogens with zero attached hydrogens (tertiary/aromatic N) is 1. The SMILES string of the molecule is O=C1NC2=CC=CCN2N1. The van der Waals surface area contributed by atoms with Gasteiger partial charge in [0.25, 0.3) is 0 Å². The van der Waals surface area contributed by atoms with Crippen LogP contribution in [0.4, 0.5) is 4.79 Å². The predicted octanol–water partition coefficient (Wildman–Crippen LogP) is -0.0726. The molecule has 0 atom stereocenters. The zero-order valence-corrected chi connectivity index (χ0v) is 5.29. The van der Waals surface area contributed by atoms with Crippen LogP contribution >= 0.6 is 0 Å². The van der Waals surface area contributed by atoms with E-state index in [-0.39, 0.29) is 6.03 Å². The van der Waals surface area contributed by atoms with Crippen molar-refractivity contribution in [3.8, 4) is 0 Å². The first kappa shape index (κ1) is 5.34. The van der Waals surface area contributed by atoms with Crippen LogP contribution in [-0.2, 0) is 0 Å². The van der Waals surface area contributed by atoms with E-state index in [1.54, 1.807) is 5.01 Å². The lowest BCUT2D eigenvalue weighted by molar-refractivity contribution is 0.235. The van der Waals surface area contributed by atoms with Crippen LogP contribution in [0, 0.1) is 0 Å². The molecule has 0 aromatic rings. The second-order valence-electron chi connectivity index (χ2n) is 2.16. The monoisotopic (exact) mass is 137 g/mol. The number of amides is 2. The van der Waals surface area contributed by atoms with Gasteiger partial charge in [0.05, 0.1) is 6.54 Å². The maximum absolute atomic E-state index is 10.7. The Labute approximate surface area is 58.2 Å². The van der Waals surface area contributed by atoms with Gasteiger partial charge >= 0.3 is 6.03 Å². The molecule has 4 nitrogen and oxygen atoms in total. The minimum atomic E-state index is -0.157. The Balaban J connectivity index is 2.26. The first-order valence-electron chi connectivity index (χ1n) is 3.08. The van der Waals surface area contributed by atoms with Crippen molar-refractivity contribution in [2.24, 2.45) is 0 Å². The third-order valence-corrected chi connectivity index (χ3v) is 1.45. The third-order valence-electron chi connectivity index (χ3n) is 1.45. The summed E-state index contributed by atoms with van der Waals surface area (Å²) < 4.78 is 0. The van der Waals surface area contributed by atoms with Crippen LogP contribution in [0.15, 0.2) is 24.0 Å². The first-order valence-corrected chi connectivity index (χ1v) is 3.08. The van der Waals surface area contributed by atoms with Gasteiger partial charge < -0.3 is 0 Å². The van der Waals surface area contributed by atoms with Crippen LogP contribution in [0.2, 0.25) is 0 Å². The van der Waals surface area contributed by atoms with E-state index in [0.717, 1.165) is 12.4 Å². The molecule has 2 N–H and O–H groups in total. The molecule has 2 heterocycles. The fourth-order valence-corrected chi connectivity index (χ4v) is 0.996. The number of fused-ring (bicyclic) bond motifs is 1. The highest BCUT2D eigenvalue weighted by atomic mass is 16.2. The number of urea groups is 1. The van der Waals surface area contributed by atoms with Gasteiger partial charge in [-0.1, -0.05) is 12.2 Å². The normalized spacial score (nSPS) is 21.4. The zero-order valence-electron chi connectivity index (χ0n) is 5.29. The van der Waals surface area contributed by atoms with Crippen molar-refractivity contribution in [3.63, 3.8) is 0 Å². The molecule has 0 aromatic carbocycles. The van der Waals surface area contributed by atoms with E-state index in [1.807, 2.05) is 18.2 Å². The lowest BCUT2D eigenvalue weighted by atomic mass is 10.4. The number of hydrogen-bond acceptors (Lipinski definition) is 2. The maximum Gasteiger partial charge on any atom is 0.339 e. The van der Waals surface area contributed by atoms with E-state index < -0.39 is 0 Å². The molecule has 0 aliphatic carbocycles. The summed E-state index contributed by atoms with van der Waals surface area (Å²) in [5, 5.41) is 4.39. The van der Waals surface area contributed by atoms with E-state index in [4.69, 9.17) is 0 Å². The second-order valence-corrected chi connectivity index (χ2v) is 2.16. The van der Waals surface area contributed by atoms with Crippen molar-refractivity contribution in [2.75, 3.05) is 6.54 Å². The van der Waals surface area contributed by atoms with E-state index in [0.29, 0.717) is 0 Å². The van der Waals surface area contributed by atoms with Crippen molar-refractivity contribution in [1.29, 1.82) is 0 Å².